The first-order valence-corrected chi connectivity index (χ1v) is 6.47. The third-order valence-electron chi connectivity index (χ3n) is 3.07. The van der Waals surface area contributed by atoms with Crippen molar-refractivity contribution in [3.8, 4) is 29.5 Å². The number of para-hydroxylation sites is 1. The Hall–Kier alpha value is -3.06. The smallest absolute Gasteiger partial charge is 0.162 e. The van der Waals surface area contributed by atoms with Crippen LogP contribution in [-0.4, -0.2) is 16.6 Å². The Labute approximate surface area is 122 Å². The number of fused-ring (bicyclic) bond motifs is 1. The van der Waals surface area contributed by atoms with Gasteiger partial charge in [-0.1, -0.05) is 18.1 Å². The molecule has 3 aromatic rings. The van der Waals surface area contributed by atoms with Gasteiger partial charge in [0, 0.05) is 10.9 Å². The van der Waals surface area contributed by atoms with Gasteiger partial charge >= 0.3 is 0 Å². The largest absolute Gasteiger partial charge is 0.481 e. The summed E-state index contributed by atoms with van der Waals surface area (Å²) < 4.78 is 5.34. The van der Waals surface area contributed by atoms with Gasteiger partial charge in [0.25, 0.3) is 0 Å². The predicted octanol–water partition coefficient (Wildman–Crippen LogP) is 2.89. The molecule has 0 radical (unpaired) electrons. The fraction of sp³-hybridized carbons (Fsp3) is 0.0588. The van der Waals surface area contributed by atoms with Gasteiger partial charge < -0.3 is 10.5 Å². The first kappa shape index (κ1) is 12.9. The van der Waals surface area contributed by atoms with Crippen molar-refractivity contribution in [2.75, 3.05) is 12.3 Å². The maximum Gasteiger partial charge on any atom is 0.162 e. The van der Waals surface area contributed by atoms with E-state index in [1.165, 1.54) is 0 Å². The van der Waals surface area contributed by atoms with Gasteiger partial charge in [0.05, 0.1) is 5.52 Å². The van der Waals surface area contributed by atoms with Crippen molar-refractivity contribution in [3.63, 3.8) is 0 Å². The highest BCUT2D eigenvalue weighted by Gasteiger charge is 2.07. The maximum absolute atomic E-state index is 5.99. The van der Waals surface area contributed by atoms with Gasteiger partial charge in [-0.2, -0.15) is 0 Å². The zero-order valence-corrected chi connectivity index (χ0v) is 11.3. The van der Waals surface area contributed by atoms with Gasteiger partial charge in [-0.15, -0.1) is 6.42 Å². The van der Waals surface area contributed by atoms with Crippen molar-refractivity contribution in [1.29, 1.82) is 0 Å². The summed E-state index contributed by atoms with van der Waals surface area (Å²) in [7, 11) is 0. The minimum absolute atomic E-state index is 0.249. The lowest BCUT2D eigenvalue weighted by atomic mass is 10.2. The molecule has 0 fully saturated rings. The van der Waals surface area contributed by atoms with Crippen LogP contribution in [0.4, 0.5) is 5.82 Å². The van der Waals surface area contributed by atoms with Crippen molar-refractivity contribution in [3.05, 3.63) is 48.5 Å². The molecule has 21 heavy (non-hydrogen) atoms. The average molecular weight is 275 g/mol. The van der Waals surface area contributed by atoms with Gasteiger partial charge in [0.2, 0.25) is 0 Å². The molecule has 1 heterocycles. The van der Waals surface area contributed by atoms with Crippen LogP contribution in [0.5, 0.6) is 5.75 Å². The fourth-order valence-electron chi connectivity index (χ4n) is 2.06. The standard InChI is InChI=1S/C17H13N3O/c1-2-11-21-13-9-7-12(8-10-13)17-19-15-6-4-3-5-14(15)16(18)20-17/h1,3-10H,11H2,(H2,18,19,20). The van der Waals surface area contributed by atoms with Gasteiger partial charge in [0.15, 0.2) is 5.82 Å². The fourth-order valence-corrected chi connectivity index (χ4v) is 2.06. The molecule has 0 saturated heterocycles. The molecular formula is C17H13N3O. The van der Waals surface area contributed by atoms with Crippen molar-refractivity contribution in [2.45, 2.75) is 0 Å². The average Bonchev–Trinajstić information content (AvgIpc) is 2.53. The zero-order chi connectivity index (χ0) is 14.7. The van der Waals surface area contributed by atoms with Crippen molar-refractivity contribution < 1.29 is 4.74 Å². The number of terminal acetylenes is 1. The third kappa shape index (κ3) is 2.63. The molecule has 1 aromatic heterocycles. The van der Waals surface area contributed by atoms with Gasteiger partial charge in [-0.05, 0) is 36.4 Å². The van der Waals surface area contributed by atoms with Crippen LogP contribution in [-0.2, 0) is 0 Å². The van der Waals surface area contributed by atoms with Crippen LogP contribution in [0.1, 0.15) is 0 Å². The highest BCUT2D eigenvalue weighted by Crippen LogP contribution is 2.24. The predicted molar refractivity (Wildman–Crippen MR) is 83.7 cm³/mol. The van der Waals surface area contributed by atoms with Crippen LogP contribution < -0.4 is 10.5 Å². The van der Waals surface area contributed by atoms with E-state index >= 15 is 0 Å². The van der Waals surface area contributed by atoms with E-state index in [-0.39, 0.29) is 6.61 Å². The quantitative estimate of drug-likeness (QED) is 0.747. The van der Waals surface area contributed by atoms with Gasteiger partial charge in [0.1, 0.15) is 18.2 Å². The molecule has 102 valence electrons. The van der Waals surface area contributed by atoms with E-state index in [0.717, 1.165) is 16.5 Å². The monoisotopic (exact) mass is 275 g/mol. The topological polar surface area (TPSA) is 61.0 Å². The summed E-state index contributed by atoms with van der Waals surface area (Å²) in [5.74, 6) is 4.21. The molecule has 4 heteroatoms. The summed E-state index contributed by atoms with van der Waals surface area (Å²) in [4.78, 5) is 8.89. The molecule has 0 amide bonds. The number of benzene rings is 2. The summed E-state index contributed by atoms with van der Waals surface area (Å²) in [5, 5.41) is 0.857. The second-order valence-corrected chi connectivity index (χ2v) is 4.47. The third-order valence-corrected chi connectivity index (χ3v) is 3.07. The number of nitrogen functional groups attached to an aromatic ring is 1. The van der Waals surface area contributed by atoms with E-state index in [4.69, 9.17) is 16.9 Å². The maximum atomic E-state index is 5.99. The molecule has 0 aliphatic rings. The molecule has 0 unspecified atom stereocenters. The summed E-state index contributed by atoms with van der Waals surface area (Å²) in [6, 6.07) is 15.1. The van der Waals surface area contributed by atoms with Crippen LogP contribution in [0.15, 0.2) is 48.5 Å². The molecule has 0 spiro atoms. The molecule has 0 aliphatic carbocycles. The molecular weight excluding hydrogens is 262 g/mol. The highest BCUT2D eigenvalue weighted by atomic mass is 16.5. The van der Waals surface area contributed by atoms with Crippen LogP contribution in [0.2, 0.25) is 0 Å². The van der Waals surface area contributed by atoms with Gasteiger partial charge in [-0.25, -0.2) is 9.97 Å². The number of ether oxygens (including phenoxy) is 1. The molecule has 2 aromatic carbocycles. The first-order valence-electron chi connectivity index (χ1n) is 6.47. The van der Waals surface area contributed by atoms with E-state index < -0.39 is 0 Å². The van der Waals surface area contributed by atoms with Crippen LogP contribution in [0, 0.1) is 12.3 Å². The lowest BCUT2D eigenvalue weighted by Crippen LogP contribution is -1.98. The molecule has 3 rings (SSSR count). The molecule has 0 bridgehead atoms. The van der Waals surface area contributed by atoms with Crippen molar-refractivity contribution >= 4 is 16.7 Å². The second kappa shape index (κ2) is 5.51. The summed E-state index contributed by atoms with van der Waals surface area (Å²) in [6.45, 7) is 0.249. The number of hydrogen-bond acceptors (Lipinski definition) is 4. The first-order chi connectivity index (χ1) is 10.3. The normalized spacial score (nSPS) is 10.2. The highest BCUT2D eigenvalue weighted by molar-refractivity contribution is 5.89. The lowest BCUT2D eigenvalue weighted by Gasteiger charge is -2.06. The van der Waals surface area contributed by atoms with Crippen LogP contribution >= 0.6 is 0 Å². The summed E-state index contributed by atoms with van der Waals surface area (Å²) >= 11 is 0. The minimum Gasteiger partial charge on any atom is -0.481 e. The number of aromatic nitrogens is 2. The van der Waals surface area contributed by atoms with E-state index in [2.05, 4.69) is 15.9 Å². The Morgan fingerprint density at radius 3 is 2.57 bits per heavy atom. The van der Waals surface area contributed by atoms with E-state index in [1.54, 1.807) is 0 Å². The number of nitrogens with two attached hydrogens (primary N) is 1. The number of anilines is 1. The second-order valence-electron chi connectivity index (χ2n) is 4.47. The van der Waals surface area contributed by atoms with Crippen LogP contribution in [0.25, 0.3) is 22.3 Å². The number of nitrogens with zero attached hydrogens (tertiary/aromatic N) is 2. The Morgan fingerprint density at radius 2 is 1.81 bits per heavy atom. The molecule has 4 nitrogen and oxygen atoms in total. The Bertz CT molecular complexity index is 820. The molecule has 0 saturated carbocycles. The molecule has 0 atom stereocenters. The summed E-state index contributed by atoms with van der Waals surface area (Å²) in [6.07, 6.45) is 5.16. The van der Waals surface area contributed by atoms with E-state index in [1.807, 2.05) is 48.5 Å². The lowest BCUT2D eigenvalue weighted by molar-refractivity contribution is 0.370. The van der Waals surface area contributed by atoms with Crippen molar-refractivity contribution in [1.82, 2.24) is 9.97 Å². The van der Waals surface area contributed by atoms with E-state index in [9.17, 15) is 0 Å². The Kier molecular flexibility index (Phi) is 3.40. The van der Waals surface area contributed by atoms with E-state index in [0.29, 0.717) is 17.4 Å². The summed E-state index contributed by atoms with van der Waals surface area (Å²) in [5.41, 5.74) is 7.69. The molecule has 0 aliphatic heterocycles. The number of rotatable bonds is 3. The molecule has 2 N–H and O–H groups in total. The van der Waals surface area contributed by atoms with Crippen LogP contribution in [0.3, 0.4) is 0 Å². The SMILES string of the molecule is C#CCOc1ccc(-c2nc(N)c3ccccc3n2)cc1. The van der Waals surface area contributed by atoms with Crippen molar-refractivity contribution in [2.24, 2.45) is 0 Å². The van der Waals surface area contributed by atoms with Gasteiger partial charge in [-0.3, -0.25) is 0 Å². The zero-order valence-electron chi connectivity index (χ0n) is 11.3. The number of hydrogen-bond donors (Lipinski definition) is 1. The Morgan fingerprint density at radius 1 is 1.05 bits per heavy atom. The minimum atomic E-state index is 0.249. The Balaban J connectivity index is 1.98.